The Morgan fingerprint density at radius 1 is 1.35 bits per heavy atom. The summed E-state index contributed by atoms with van der Waals surface area (Å²) < 4.78 is 5.05. The summed E-state index contributed by atoms with van der Waals surface area (Å²) >= 11 is 1.73. The monoisotopic (exact) mass is 292 g/mol. The number of hydrogen-bond acceptors (Lipinski definition) is 6. The smallest absolute Gasteiger partial charge is 0.212 e. The Morgan fingerprint density at radius 2 is 2.15 bits per heavy atom. The number of pyridine rings is 1. The van der Waals surface area contributed by atoms with Crippen LogP contribution in [0.25, 0.3) is 0 Å². The van der Waals surface area contributed by atoms with Gasteiger partial charge in [0.15, 0.2) is 0 Å². The Kier molecular flexibility index (Phi) is 5.05. The van der Waals surface area contributed by atoms with Crippen molar-refractivity contribution in [3.05, 3.63) is 39.5 Å². The van der Waals surface area contributed by atoms with Crippen molar-refractivity contribution in [3.63, 3.8) is 0 Å². The van der Waals surface area contributed by atoms with E-state index in [1.807, 2.05) is 25.3 Å². The quantitative estimate of drug-likeness (QED) is 0.627. The number of aromatic nitrogens is 2. The van der Waals surface area contributed by atoms with Crippen molar-refractivity contribution >= 4 is 11.3 Å². The molecule has 0 aliphatic carbocycles. The van der Waals surface area contributed by atoms with Crippen LogP contribution in [0.3, 0.4) is 0 Å². The minimum atomic E-state index is 0.148. The lowest BCUT2D eigenvalue weighted by atomic mass is 10.1. The van der Waals surface area contributed by atoms with Crippen LogP contribution in [0.2, 0.25) is 0 Å². The average Bonchev–Trinajstić information content (AvgIpc) is 2.77. The molecule has 2 rings (SSSR count). The summed E-state index contributed by atoms with van der Waals surface area (Å²) in [6.07, 6.45) is 3.45. The third-order valence-corrected chi connectivity index (χ3v) is 4.31. The fourth-order valence-corrected chi connectivity index (χ4v) is 2.98. The van der Waals surface area contributed by atoms with Crippen LogP contribution < -0.4 is 16.0 Å². The molecule has 0 saturated heterocycles. The second-order valence-electron chi connectivity index (χ2n) is 4.73. The number of nitrogens with one attached hydrogen (secondary N) is 1. The van der Waals surface area contributed by atoms with E-state index in [4.69, 9.17) is 10.6 Å². The lowest BCUT2D eigenvalue weighted by molar-refractivity contribution is 0.397. The van der Waals surface area contributed by atoms with Gasteiger partial charge in [0.05, 0.1) is 17.8 Å². The molecule has 3 N–H and O–H groups in total. The van der Waals surface area contributed by atoms with Crippen molar-refractivity contribution < 1.29 is 4.74 Å². The molecule has 1 unspecified atom stereocenters. The normalized spacial score (nSPS) is 12.4. The van der Waals surface area contributed by atoms with Crippen LogP contribution in [0, 0.1) is 13.8 Å². The lowest BCUT2D eigenvalue weighted by Crippen LogP contribution is -2.38. The second-order valence-corrected chi connectivity index (χ2v) is 6.02. The van der Waals surface area contributed by atoms with Crippen LogP contribution >= 0.6 is 11.3 Å². The molecule has 0 bridgehead atoms. The van der Waals surface area contributed by atoms with E-state index < -0.39 is 0 Å². The average molecular weight is 292 g/mol. The molecule has 2 heterocycles. The van der Waals surface area contributed by atoms with E-state index in [1.54, 1.807) is 18.4 Å². The van der Waals surface area contributed by atoms with Crippen molar-refractivity contribution in [1.82, 2.24) is 15.4 Å². The SMILES string of the molecule is COc1ccc(CC(Cc2nc(C)c(C)s2)NN)cn1. The number of hydrazine groups is 1. The number of rotatable bonds is 6. The first-order chi connectivity index (χ1) is 9.62. The highest BCUT2D eigenvalue weighted by Gasteiger charge is 2.13. The molecule has 6 heteroatoms. The van der Waals surface area contributed by atoms with Gasteiger partial charge in [-0.1, -0.05) is 6.07 Å². The first-order valence-electron chi connectivity index (χ1n) is 6.50. The molecule has 0 saturated carbocycles. The van der Waals surface area contributed by atoms with Gasteiger partial charge in [0.25, 0.3) is 0 Å². The molecule has 0 aromatic carbocycles. The van der Waals surface area contributed by atoms with E-state index in [1.165, 1.54) is 4.88 Å². The van der Waals surface area contributed by atoms with Crippen molar-refractivity contribution in [3.8, 4) is 5.88 Å². The van der Waals surface area contributed by atoms with Gasteiger partial charge in [0.2, 0.25) is 5.88 Å². The molecule has 5 nitrogen and oxygen atoms in total. The summed E-state index contributed by atoms with van der Waals surface area (Å²) in [7, 11) is 1.61. The molecule has 0 amide bonds. The Labute approximate surface area is 123 Å². The summed E-state index contributed by atoms with van der Waals surface area (Å²) in [4.78, 5) is 10.0. The van der Waals surface area contributed by atoms with E-state index in [0.29, 0.717) is 5.88 Å². The molecule has 0 radical (unpaired) electrons. The van der Waals surface area contributed by atoms with Gasteiger partial charge in [0, 0.05) is 29.6 Å². The van der Waals surface area contributed by atoms with Crippen LogP contribution in [-0.4, -0.2) is 23.1 Å². The Morgan fingerprint density at radius 3 is 2.65 bits per heavy atom. The number of hydrogen-bond donors (Lipinski definition) is 2. The van der Waals surface area contributed by atoms with E-state index in [-0.39, 0.29) is 6.04 Å². The first-order valence-corrected chi connectivity index (χ1v) is 7.32. The highest BCUT2D eigenvalue weighted by Crippen LogP contribution is 2.19. The molecule has 20 heavy (non-hydrogen) atoms. The highest BCUT2D eigenvalue weighted by molar-refractivity contribution is 7.11. The summed E-state index contributed by atoms with van der Waals surface area (Å²) in [5, 5.41) is 1.12. The third kappa shape index (κ3) is 3.75. The number of methoxy groups -OCH3 is 1. The summed E-state index contributed by atoms with van der Waals surface area (Å²) in [5.41, 5.74) is 5.09. The predicted molar refractivity (Wildman–Crippen MR) is 80.9 cm³/mol. The molecule has 0 spiro atoms. The van der Waals surface area contributed by atoms with Gasteiger partial charge in [-0.3, -0.25) is 11.3 Å². The van der Waals surface area contributed by atoms with E-state index >= 15 is 0 Å². The number of thiazole rings is 1. The maximum Gasteiger partial charge on any atom is 0.212 e. The van der Waals surface area contributed by atoms with Gasteiger partial charge >= 0.3 is 0 Å². The van der Waals surface area contributed by atoms with Gasteiger partial charge in [-0.15, -0.1) is 11.3 Å². The fraction of sp³-hybridized carbons (Fsp3) is 0.429. The molecule has 2 aromatic heterocycles. The van der Waals surface area contributed by atoms with Gasteiger partial charge in [-0.05, 0) is 25.8 Å². The Hall–Kier alpha value is -1.50. The third-order valence-electron chi connectivity index (χ3n) is 3.22. The van der Waals surface area contributed by atoms with Crippen LogP contribution in [0.5, 0.6) is 5.88 Å². The topological polar surface area (TPSA) is 73.1 Å². The zero-order chi connectivity index (χ0) is 14.5. The molecule has 108 valence electrons. The number of ether oxygens (including phenoxy) is 1. The predicted octanol–water partition coefficient (Wildman–Crippen LogP) is 1.78. The number of nitrogens with zero attached hydrogens (tertiary/aromatic N) is 2. The van der Waals surface area contributed by atoms with Gasteiger partial charge < -0.3 is 4.74 Å². The molecule has 1 atom stereocenters. The van der Waals surface area contributed by atoms with Crippen LogP contribution in [-0.2, 0) is 12.8 Å². The Bertz CT molecular complexity index is 533. The zero-order valence-electron chi connectivity index (χ0n) is 12.0. The van der Waals surface area contributed by atoms with Crippen LogP contribution in [0.4, 0.5) is 0 Å². The Balaban J connectivity index is 2.00. The van der Waals surface area contributed by atoms with Gasteiger partial charge in [-0.25, -0.2) is 9.97 Å². The van der Waals surface area contributed by atoms with Crippen molar-refractivity contribution in [2.75, 3.05) is 7.11 Å². The molecular formula is C14H20N4OS. The molecular weight excluding hydrogens is 272 g/mol. The molecule has 2 aromatic rings. The van der Waals surface area contributed by atoms with Crippen molar-refractivity contribution in [2.45, 2.75) is 32.7 Å². The summed E-state index contributed by atoms with van der Waals surface area (Å²) in [5.74, 6) is 6.27. The zero-order valence-corrected chi connectivity index (χ0v) is 12.8. The second kappa shape index (κ2) is 6.78. The van der Waals surface area contributed by atoms with E-state index in [9.17, 15) is 0 Å². The molecule has 0 aliphatic rings. The van der Waals surface area contributed by atoms with Crippen LogP contribution in [0.15, 0.2) is 18.3 Å². The van der Waals surface area contributed by atoms with Crippen molar-refractivity contribution in [2.24, 2.45) is 5.84 Å². The minimum Gasteiger partial charge on any atom is -0.481 e. The standard InChI is InChI=1S/C14H20N4OS/c1-9-10(2)20-14(17-9)7-12(18-15)6-11-4-5-13(19-3)16-8-11/h4-5,8,12,18H,6-7,15H2,1-3H3. The number of nitrogens with two attached hydrogens (primary N) is 1. The van der Waals surface area contributed by atoms with Gasteiger partial charge in [0.1, 0.15) is 0 Å². The number of aryl methyl sites for hydroxylation is 2. The van der Waals surface area contributed by atoms with E-state index in [2.05, 4.69) is 22.3 Å². The maximum absolute atomic E-state index is 5.65. The highest BCUT2D eigenvalue weighted by atomic mass is 32.1. The molecule has 0 fully saturated rings. The van der Waals surface area contributed by atoms with Crippen molar-refractivity contribution in [1.29, 1.82) is 0 Å². The first kappa shape index (κ1) is 14.9. The van der Waals surface area contributed by atoms with Crippen LogP contribution in [0.1, 0.15) is 21.1 Å². The summed E-state index contributed by atoms with van der Waals surface area (Å²) in [6, 6.07) is 4.02. The minimum absolute atomic E-state index is 0.148. The molecule has 0 aliphatic heterocycles. The summed E-state index contributed by atoms with van der Waals surface area (Å²) in [6.45, 7) is 4.13. The lowest BCUT2D eigenvalue weighted by Gasteiger charge is -2.14. The maximum atomic E-state index is 5.65. The fourth-order valence-electron chi connectivity index (χ4n) is 1.96. The van der Waals surface area contributed by atoms with Gasteiger partial charge in [-0.2, -0.15) is 0 Å². The largest absolute Gasteiger partial charge is 0.481 e. The van der Waals surface area contributed by atoms with E-state index in [0.717, 1.165) is 29.1 Å².